The predicted molar refractivity (Wildman–Crippen MR) is 55.0 cm³/mol. The lowest BCUT2D eigenvalue weighted by atomic mass is 10.2. The number of amides is 2. The largest absolute Gasteiger partial charge is 0.351 e. The van der Waals surface area contributed by atoms with Crippen LogP contribution < -0.4 is 11.1 Å². The Labute approximate surface area is 85.5 Å². The predicted octanol–water partition coefficient (Wildman–Crippen LogP) is 0.962. The quantitative estimate of drug-likeness (QED) is 0.678. The summed E-state index contributed by atoms with van der Waals surface area (Å²) in [5.41, 5.74) is 6.72. The molecule has 0 bridgehead atoms. The SMILES string of the molecule is NC(=O)Nc1cc(-c2ccn[nH]2)ccn1. The number of aromatic amines is 1. The van der Waals surface area contributed by atoms with Gasteiger partial charge in [-0.2, -0.15) is 5.10 Å². The van der Waals surface area contributed by atoms with Crippen molar-refractivity contribution in [3.8, 4) is 11.3 Å². The number of nitrogens with two attached hydrogens (primary N) is 1. The van der Waals surface area contributed by atoms with E-state index >= 15 is 0 Å². The maximum absolute atomic E-state index is 10.6. The molecule has 6 nitrogen and oxygen atoms in total. The first-order valence-electron chi connectivity index (χ1n) is 4.28. The van der Waals surface area contributed by atoms with Gasteiger partial charge in [0.2, 0.25) is 0 Å². The molecule has 2 aromatic rings. The molecule has 0 atom stereocenters. The molecule has 0 aliphatic rings. The van der Waals surface area contributed by atoms with Crippen molar-refractivity contribution in [1.82, 2.24) is 15.2 Å². The van der Waals surface area contributed by atoms with Gasteiger partial charge in [0.25, 0.3) is 0 Å². The van der Waals surface area contributed by atoms with Crippen LogP contribution >= 0.6 is 0 Å². The summed E-state index contributed by atoms with van der Waals surface area (Å²) in [5, 5.41) is 9.04. The van der Waals surface area contributed by atoms with Crippen molar-refractivity contribution >= 4 is 11.8 Å². The zero-order chi connectivity index (χ0) is 10.7. The van der Waals surface area contributed by atoms with Gasteiger partial charge in [-0.3, -0.25) is 10.4 Å². The summed E-state index contributed by atoms with van der Waals surface area (Å²) in [6.07, 6.45) is 3.23. The van der Waals surface area contributed by atoms with E-state index < -0.39 is 6.03 Å². The fourth-order valence-corrected chi connectivity index (χ4v) is 1.21. The molecule has 0 aliphatic carbocycles. The molecule has 0 aliphatic heterocycles. The average molecular weight is 203 g/mol. The van der Waals surface area contributed by atoms with Gasteiger partial charge in [-0.15, -0.1) is 0 Å². The van der Waals surface area contributed by atoms with Crippen LogP contribution in [0.4, 0.5) is 10.6 Å². The van der Waals surface area contributed by atoms with Crippen LogP contribution in [-0.2, 0) is 0 Å². The first-order chi connectivity index (χ1) is 7.25. The molecule has 2 aromatic heterocycles. The van der Waals surface area contributed by atoms with Crippen molar-refractivity contribution in [3.05, 3.63) is 30.6 Å². The number of carbonyl (C=O) groups is 1. The van der Waals surface area contributed by atoms with Gasteiger partial charge in [0.05, 0.1) is 5.69 Å². The first kappa shape index (κ1) is 9.20. The summed E-state index contributed by atoms with van der Waals surface area (Å²) in [7, 11) is 0. The Balaban J connectivity index is 2.31. The Morgan fingerprint density at radius 2 is 2.27 bits per heavy atom. The standard InChI is InChI=1S/C9H9N5O/c10-9(15)13-8-5-6(1-3-11-8)7-2-4-12-14-7/h1-5H,(H,12,14)(H3,10,11,13,15). The number of carbonyl (C=O) groups excluding carboxylic acids is 1. The highest BCUT2D eigenvalue weighted by atomic mass is 16.2. The van der Waals surface area contributed by atoms with Crippen LogP contribution in [0.2, 0.25) is 0 Å². The third-order valence-electron chi connectivity index (χ3n) is 1.82. The summed E-state index contributed by atoms with van der Waals surface area (Å²) >= 11 is 0. The zero-order valence-corrected chi connectivity index (χ0v) is 7.77. The molecule has 2 amide bonds. The third-order valence-corrected chi connectivity index (χ3v) is 1.82. The molecule has 2 heterocycles. The molecule has 6 heteroatoms. The van der Waals surface area contributed by atoms with Gasteiger partial charge in [0.15, 0.2) is 0 Å². The van der Waals surface area contributed by atoms with E-state index in [4.69, 9.17) is 5.73 Å². The second-order valence-electron chi connectivity index (χ2n) is 2.89. The van der Waals surface area contributed by atoms with Crippen molar-refractivity contribution in [2.75, 3.05) is 5.32 Å². The molecular weight excluding hydrogens is 194 g/mol. The van der Waals surface area contributed by atoms with E-state index in [9.17, 15) is 4.79 Å². The molecule has 0 spiro atoms. The van der Waals surface area contributed by atoms with Crippen LogP contribution in [0.3, 0.4) is 0 Å². The van der Waals surface area contributed by atoms with Crippen LogP contribution in [-0.4, -0.2) is 21.2 Å². The van der Waals surface area contributed by atoms with E-state index in [0.717, 1.165) is 11.3 Å². The van der Waals surface area contributed by atoms with E-state index in [2.05, 4.69) is 20.5 Å². The number of H-pyrrole nitrogens is 1. The Morgan fingerprint density at radius 1 is 1.40 bits per heavy atom. The number of nitrogens with one attached hydrogen (secondary N) is 2. The molecule has 15 heavy (non-hydrogen) atoms. The van der Waals surface area contributed by atoms with Gasteiger partial charge in [-0.25, -0.2) is 9.78 Å². The van der Waals surface area contributed by atoms with Gasteiger partial charge in [0.1, 0.15) is 5.82 Å². The minimum atomic E-state index is -0.635. The lowest BCUT2D eigenvalue weighted by molar-refractivity contribution is 0.259. The Morgan fingerprint density at radius 3 is 2.93 bits per heavy atom. The smallest absolute Gasteiger partial charge is 0.317 e. The fourth-order valence-electron chi connectivity index (χ4n) is 1.21. The molecule has 76 valence electrons. The van der Waals surface area contributed by atoms with Gasteiger partial charge in [-0.1, -0.05) is 0 Å². The van der Waals surface area contributed by atoms with Crippen LogP contribution in [0.5, 0.6) is 0 Å². The summed E-state index contributed by atoms with van der Waals surface area (Å²) < 4.78 is 0. The number of nitrogens with zero attached hydrogens (tertiary/aromatic N) is 2. The Hall–Kier alpha value is -2.37. The van der Waals surface area contributed by atoms with Crippen molar-refractivity contribution in [2.24, 2.45) is 5.73 Å². The summed E-state index contributed by atoms with van der Waals surface area (Å²) in [6.45, 7) is 0. The second kappa shape index (κ2) is 3.79. The highest BCUT2D eigenvalue weighted by molar-refractivity contribution is 5.87. The van der Waals surface area contributed by atoms with E-state index in [0.29, 0.717) is 5.82 Å². The van der Waals surface area contributed by atoms with Crippen molar-refractivity contribution in [3.63, 3.8) is 0 Å². The van der Waals surface area contributed by atoms with Gasteiger partial charge in [-0.05, 0) is 18.2 Å². The highest BCUT2D eigenvalue weighted by Crippen LogP contribution is 2.17. The fraction of sp³-hybridized carbons (Fsp3) is 0. The molecule has 2 rings (SSSR count). The molecule has 4 N–H and O–H groups in total. The van der Waals surface area contributed by atoms with Gasteiger partial charge < -0.3 is 5.73 Å². The highest BCUT2D eigenvalue weighted by Gasteiger charge is 2.02. The number of pyridine rings is 1. The van der Waals surface area contributed by atoms with E-state index in [-0.39, 0.29) is 0 Å². The monoisotopic (exact) mass is 203 g/mol. The van der Waals surface area contributed by atoms with Crippen LogP contribution in [0, 0.1) is 0 Å². The van der Waals surface area contributed by atoms with E-state index in [1.807, 2.05) is 6.07 Å². The summed E-state index contributed by atoms with van der Waals surface area (Å²) in [5.74, 6) is 0.412. The molecule has 0 fully saturated rings. The second-order valence-corrected chi connectivity index (χ2v) is 2.89. The number of primary amides is 1. The van der Waals surface area contributed by atoms with Gasteiger partial charge in [0, 0.05) is 18.0 Å². The van der Waals surface area contributed by atoms with Crippen LogP contribution in [0.1, 0.15) is 0 Å². The van der Waals surface area contributed by atoms with E-state index in [1.54, 1.807) is 24.5 Å². The molecule has 0 saturated carbocycles. The van der Waals surface area contributed by atoms with Crippen molar-refractivity contribution < 1.29 is 4.79 Å². The summed E-state index contributed by atoms with van der Waals surface area (Å²) in [4.78, 5) is 14.6. The normalized spacial score (nSPS) is 9.87. The lowest BCUT2D eigenvalue weighted by Crippen LogP contribution is -2.19. The Bertz CT molecular complexity index is 465. The first-order valence-corrected chi connectivity index (χ1v) is 4.28. The Kier molecular flexibility index (Phi) is 2.32. The molecule has 0 unspecified atom stereocenters. The number of hydrogen-bond donors (Lipinski definition) is 3. The maximum atomic E-state index is 10.6. The van der Waals surface area contributed by atoms with Crippen molar-refractivity contribution in [1.29, 1.82) is 0 Å². The van der Waals surface area contributed by atoms with Crippen LogP contribution in [0.15, 0.2) is 30.6 Å². The number of hydrogen-bond acceptors (Lipinski definition) is 3. The van der Waals surface area contributed by atoms with Crippen molar-refractivity contribution in [2.45, 2.75) is 0 Å². The lowest BCUT2D eigenvalue weighted by Gasteiger charge is -2.02. The third kappa shape index (κ3) is 2.11. The number of aromatic nitrogens is 3. The molecular formula is C9H9N5O. The maximum Gasteiger partial charge on any atom is 0.317 e. The van der Waals surface area contributed by atoms with Gasteiger partial charge >= 0.3 is 6.03 Å². The number of rotatable bonds is 2. The molecule has 0 aromatic carbocycles. The molecule has 0 saturated heterocycles. The topological polar surface area (TPSA) is 96.7 Å². The number of urea groups is 1. The average Bonchev–Trinajstić information content (AvgIpc) is 2.69. The zero-order valence-electron chi connectivity index (χ0n) is 7.77. The molecule has 0 radical (unpaired) electrons. The summed E-state index contributed by atoms with van der Waals surface area (Å²) in [6, 6.07) is 4.70. The minimum absolute atomic E-state index is 0.412. The van der Waals surface area contributed by atoms with E-state index in [1.165, 1.54) is 0 Å². The minimum Gasteiger partial charge on any atom is -0.351 e. The van der Waals surface area contributed by atoms with Crippen LogP contribution in [0.25, 0.3) is 11.3 Å². The number of anilines is 1.